The maximum atomic E-state index is 13.6. The molecular weight excluding hydrogens is 283 g/mol. The van der Waals surface area contributed by atoms with E-state index in [-0.39, 0.29) is 11.9 Å². The zero-order valence-electron chi connectivity index (χ0n) is 10.6. The third-order valence-electron chi connectivity index (χ3n) is 2.55. The molecule has 0 radical (unpaired) electrons. The Kier molecular flexibility index (Phi) is 6.09. The van der Waals surface area contributed by atoms with Crippen molar-refractivity contribution in [2.45, 2.75) is 19.4 Å². The van der Waals surface area contributed by atoms with E-state index in [1.165, 1.54) is 6.07 Å². The molecule has 0 aliphatic rings. The van der Waals surface area contributed by atoms with Gasteiger partial charge in [-0.2, -0.15) is 0 Å². The lowest BCUT2D eigenvalue weighted by atomic mass is 10.0. The average molecular weight is 303 g/mol. The van der Waals surface area contributed by atoms with Crippen LogP contribution in [0, 0.1) is 5.82 Å². The molecule has 0 spiro atoms. The van der Waals surface area contributed by atoms with Gasteiger partial charge >= 0.3 is 0 Å². The Morgan fingerprint density at radius 1 is 1.41 bits per heavy atom. The topological polar surface area (TPSA) is 15.3 Å². The lowest BCUT2D eigenvalue weighted by Gasteiger charge is -2.22. The lowest BCUT2D eigenvalue weighted by molar-refractivity contribution is 0.337. The Bertz CT molecular complexity index is 355. The summed E-state index contributed by atoms with van der Waals surface area (Å²) in [6, 6.07) is 5.37. The van der Waals surface area contributed by atoms with Crippen LogP contribution in [0.2, 0.25) is 0 Å². The van der Waals surface area contributed by atoms with Crippen molar-refractivity contribution in [1.29, 1.82) is 0 Å². The van der Waals surface area contributed by atoms with Gasteiger partial charge in [-0.25, -0.2) is 4.39 Å². The van der Waals surface area contributed by atoms with E-state index in [0.29, 0.717) is 6.42 Å². The SMILES string of the molecule is CCNC(Cc1cc(Br)ccc1F)CN(C)C. The van der Waals surface area contributed by atoms with Crippen molar-refractivity contribution in [1.82, 2.24) is 10.2 Å². The largest absolute Gasteiger partial charge is 0.313 e. The first-order valence-electron chi connectivity index (χ1n) is 5.85. The van der Waals surface area contributed by atoms with E-state index in [2.05, 4.69) is 33.1 Å². The monoisotopic (exact) mass is 302 g/mol. The second-order valence-corrected chi connectivity index (χ2v) is 5.37. The number of hydrogen-bond acceptors (Lipinski definition) is 2. The highest BCUT2D eigenvalue weighted by Crippen LogP contribution is 2.17. The molecule has 0 saturated heterocycles. The molecule has 0 saturated carbocycles. The molecule has 1 N–H and O–H groups in total. The van der Waals surface area contributed by atoms with E-state index in [1.54, 1.807) is 6.07 Å². The van der Waals surface area contributed by atoms with Crippen molar-refractivity contribution < 1.29 is 4.39 Å². The van der Waals surface area contributed by atoms with E-state index >= 15 is 0 Å². The van der Waals surface area contributed by atoms with Crippen LogP contribution < -0.4 is 5.32 Å². The van der Waals surface area contributed by atoms with E-state index in [4.69, 9.17) is 0 Å². The smallest absolute Gasteiger partial charge is 0.126 e. The molecule has 1 aromatic carbocycles. The van der Waals surface area contributed by atoms with Gasteiger partial charge in [0, 0.05) is 17.1 Å². The molecule has 0 aliphatic carbocycles. The number of halogens is 2. The number of likely N-dealkylation sites (N-methyl/N-ethyl adjacent to an activating group) is 2. The number of hydrogen-bond donors (Lipinski definition) is 1. The molecule has 4 heteroatoms. The van der Waals surface area contributed by atoms with E-state index in [9.17, 15) is 4.39 Å². The fourth-order valence-corrected chi connectivity index (χ4v) is 2.30. The summed E-state index contributed by atoms with van der Waals surface area (Å²) in [5, 5.41) is 3.39. The van der Waals surface area contributed by atoms with Crippen LogP contribution in [0.4, 0.5) is 4.39 Å². The summed E-state index contributed by atoms with van der Waals surface area (Å²) in [6.07, 6.45) is 0.706. The summed E-state index contributed by atoms with van der Waals surface area (Å²) in [7, 11) is 4.06. The van der Waals surface area contributed by atoms with Crippen molar-refractivity contribution in [2.24, 2.45) is 0 Å². The second-order valence-electron chi connectivity index (χ2n) is 4.46. The molecule has 96 valence electrons. The normalized spacial score (nSPS) is 13.1. The predicted molar refractivity (Wildman–Crippen MR) is 73.8 cm³/mol. The number of rotatable bonds is 6. The fraction of sp³-hybridized carbons (Fsp3) is 0.538. The molecule has 0 aliphatic heterocycles. The molecule has 0 bridgehead atoms. The van der Waals surface area contributed by atoms with Crippen LogP contribution in [0.5, 0.6) is 0 Å². The Hall–Kier alpha value is -0.450. The van der Waals surface area contributed by atoms with Crippen molar-refractivity contribution in [3.05, 3.63) is 34.1 Å². The highest BCUT2D eigenvalue weighted by Gasteiger charge is 2.12. The van der Waals surface area contributed by atoms with Crippen molar-refractivity contribution in [2.75, 3.05) is 27.2 Å². The second kappa shape index (κ2) is 7.09. The van der Waals surface area contributed by atoms with Gasteiger partial charge in [-0.05, 0) is 50.8 Å². The maximum absolute atomic E-state index is 13.6. The van der Waals surface area contributed by atoms with E-state index < -0.39 is 0 Å². The van der Waals surface area contributed by atoms with Crippen molar-refractivity contribution in [3.8, 4) is 0 Å². The van der Waals surface area contributed by atoms with Crippen LogP contribution in [0.1, 0.15) is 12.5 Å². The van der Waals surface area contributed by atoms with Gasteiger partial charge in [0.05, 0.1) is 0 Å². The minimum atomic E-state index is -0.130. The standard InChI is InChI=1S/C13H20BrFN2/c1-4-16-12(9-17(2)3)8-10-7-11(14)5-6-13(10)15/h5-7,12,16H,4,8-9H2,1-3H3. The van der Waals surface area contributed by atoms with Gasteiger partial charge in [-0.15, -0.1) is 0 Å². The number of benzene rings is 1. The maximum Gasteiger partial charge on any atom is 0.126 e. The molecule has 1 atom stereocenters. The van der Waals surface area contributed by atoms with Gasteiger partial charge < -0.3 is 10.2 Å². The quantitative estimate of drug-likeness (QED) is 0.869. The lowest BCUT2D eigenvalue weighted by Crippen LogP contribution is -2.39. The average Bonchev–Trinajstić information content (AvgIpc) is 2.23. The minimum absolute atomic E-state index is 0.130. The molecule has 1 unspecified atom stereocenters. The molecule has 2 nitrogen and oxygen atoms in total. The Labute approximate surface area is 111 Å². The van der Waals surface area contributed by atoms with Gasteiger partial charge in [0.2, 0.25) is 0 Å². The third kappa shape index (κ3) is 5.15. The Balaban J connectivity index is 2.74. The van der Waals surface area contributed by atoms with Gasteiger partial charge in [-0.1, -0.05) is 22.9 Å². The van der Waals surface area contributed by atoms with Crippen LogP contribution >= 0.6 is 15.9 Å². The molecule has 0 aromatic heterocycles. The fourth-order valence-electron chi connectivity index (χ4n) is 1.90. The highest BCUT2D eigenvalue weighted by atomic mass is 79.9. The zero-order chi connectivity index (χ0) is 12.8. The Morgan fingerprint density at radius 2 is 2.12 bits per heavy atom. The van der Waals surface area contributed by atoms with Crippen molar-refractivity contribution >= 4 is 15.9 Å². The van der Waals surface area contributed by atoms with Gasteiger partial charge in [0.25, 0.3) is 0 Å². The summed E-state index contributed by atoms with van der Waals surface area (Å²) in [4.78, 5) is 2.11. The number of nitrogens with one attached hydrogen (secondary N) is 1. The predicted octanol–water partition coefficient (Wildman–Crippen LogP) is 2.67. The summed E-state index contributed by atoms with van der Waals surface area (Å²) in [5.41, 5.74) is 0.757. The molecular formula is C13H20BrFN2. The highest BCUT2D eigenvalue weighted by molar-refractivity contribution is 9.10. The summed E-state index contributed by atoms with van der Waals surface area (Å²) < 4.78 is 14.6. The molecule has 1 rings (SSSR count). The van der Waals surface area contributed by atoms with Crippen LogP contribution in [-0.2, 0) is 6.42 Å². The summed E-state index contributed by atoms with van der Waals surface area (Å²) in [6.45, 7) is 3.87. The summed E-state index contributed by atoms with van der Waals surface area (Å²) in [5.74, 6) is -0.130. The van der Waals surface area contributed by atoms with E-state index in [0.717, 1.165) is 23.1 Å². The first-order chi connectivity index (χ1) is 8.02. The molecule has 0 fully saturated rings. The van der Waals surface area contributed by atoms with Crippen LogP contribution in [0.25, 0.3) is 0 Å². The zero-order valence-corrected chi connectivity index (χ0v) is 12.2. The van der Waals surface area contributed by atoms with E-state index in [1.807, 2.05) is 20.2 Å². The van der Waals surface area contributed by atoms with Gasteiger partial charge in [-0.3, -0.25) is 0 Å². The van der Waals surface area contributed by atoms with Gasteiger partial charge in [0.15, 0.2) is 0 Å². The summed E-state index contributed by atoms with van der Waals surface area (Å²) >= 11 is 3.38. The van der Waals surface area contributed by atoms with Crippen LogP contribution in [-0.4, -0.2) is 38.1 Å². The molecule has 1 aromatic rings. The van der Waals surface area contributed by atoms with Gasteiger partial charge in [0.1, 0.15) is 5.82 Å². The van der Waals surface area contributed by atoms with Crippen molar-refractivity contribution in [3.63, 3.8) is 0 Å². The minimum Gasteiger partial charge on any atom is -0.313 e. The van der Waals surface area contributed by atoms with Crippen LogP contribution in [0.3, 0.4) is 0 Å². The number of nitrogens with zero attached hydrogens (tertiary/aromatic N) is 1. The molecule has 17 heavy (non-hydrogen) atoms. The first-order valence-corrected chi connectivity index (χ1v) is 6.64. The Morgan fingerprint density at radius 3 is 2.71 bits per heavy atom. The first kappa shape index (κ1) is 14.6. The third-order valence-corrected chi connectivity index (χ3v) is 3.05. The molecule has 0 heterocycles. The van der Waals surface area contributed by atoms with Crippen LogP contribution in [0.15, 0.2) is 22.7 Å². The molecule has 0 amide bonds.